The number of carbonyl (C=O) groups excluding carboxylic acids is 1. The summed E-state index contributed by atoms with van der Waals surface area (Å²) in [5.41, 5.74) is 1.20. The van der Waals surface area contributed by atoms with E-state index >= 15 is 4.39 Å². The number of unbranched alkanes of at least 4 members (excludes halogenated alkanes) is 1. The highest BCUT2D eigenvalue weighted by molar-refractivity contribution is 5.95. The predicted octanol–water partition coefficient (Wildman–Crippen LogP) is 6.13. The normalized spacial score (nSPS) is 27.9. The average Bonchev–Trinajstić information content (AvgIpc) is 3.49. The third-order valence-electron chi connectivity index (χ3n) is 7.82. The maximum absolute atomic E-state index is 15.1. The van der Waals surface area contributed by atoms with E-state index in [0.717, 1.165) is 37.7 Å². The molecule has 2 aliphatic carbocycles. The molecule has 1 aromatic rings. The van der Waals surface area contributed by atoms with Gasteiger partial charge < -0.3 is 9.64 Å². The van der Waals surface area contributed by atoms with Crippen molar-refractivity contribution in [3.8, 4) is 5.75 Å². The zero-order valence-corrected chi connectivity index (χ0v) is 18.9. The van der Waals surface area contributed by atoms with E-state index in [-0.39, 0.29) is 11.0 Å². The number of benzene rings is 1. The molecule has 1 amide bonds. The number of ether oxygens (including phenoxy) is 1. The first-order chi connectivity index (χ1) is 15.0. The molecule has 2 saturated carbocycles. The van der Waals surface area contributed by atoms with E-state index in [1.807, 2.05) is 0 Å². The smallest absolute Gasteiger partial charge is 0.258 e. The zero-order valence-electron chi connectivity index (χ0n) is 18.9. The summed E-state index contributed by atoms with van der Waals surface area (Å²) in [4.78, 5) is 18.8. The van der Waals surface area contributed by atoms with Crippen LogP contribution in [0.5, 0.6) is 5.75 Å². The summed E-state index contributed by atoms with van der Waals surface area (Å²) in [5, 5.41) is 9.07. The molecule has 0 spiro atoms. The summed E-state index contributed by atoms with van der Waals surface area (Å²) in [7, 11) is 0. The SMILES string of the molecule is CCCCC1(COc2cc(F)c(C(=O)N3CCCC3OO)cc2C2CC2)CCC1CC. The molecule has 172 valence electrons. The summed E-state index contributed by atoms with van der Waals surface area (Å²) in [6.07, 6.45) is 9.80. The van der Waals surface area contributed by atoms with Crippen LogP contribution in [-0.2, 0) is 4.89 Å². The first-order valence-electron chi connectivity index (χ1n) is 12.1. The van der Waals surface area contributed by atoms with E-state index in [1.165, 1.54) is 36.6 Å². The standard InChI is InChI=1S/C25H36FNO4/c1-3-5-11-25(12-10-18(25)4-2)16-30-22-15-21(26)20(14-19(22)17-8-9-17)24(28)27-13-6-7-23(27)31-29/h14-15,17-18,23,29H,3-13,16H2,1-2H3. The Hall–Kier alpha value is -1.66. The summed E-state index contributed by atoms with van der Waals surface area (Å²) >= 11 is 0. The Kier molecular flexibility index (Phi) is 6.87. The van der Waals surface area contributed by atoms with Crippen LogP contribution >= 0.6 is 0 Å². The van der Waals surface area contributed by atoms with Crippen LogP contribution in [0.15, 0.2) is 12.1 Å². The monoisotopic (exact) mass is 433 g/mol. The quantitative estimate of drug-likeness (QED) is 0.356. The van der Waals surface area contributed by atoms with Gasteiger partial charge in [-0.1, -0.05) is 33.1 Å². The van der Waals surface area contributed by atoms with Crippen LogP contribution in [0.4, 0.5) is 4.39 Å². The minimum absolute atomic E-state index is 0.0500. The topological polar surface area (TPSA) is 59.0 Å². The van der Waals surface area contributed by atoms with E-state index in [0.29, 0.717) is 37.2 Å². The molecule has 3 unspecified atom stereocenters. The third kappa shape index (κ3) is 4.47. The number of rotatable bonds is 10. The molecule has 1 N–H and O–H groups in total. The van der Waals surface area contributed by atoms with Gasteiger partial charge in [-0.25, -0.2) is 14.5 Å². The first-order valence-corrected chi connectivity index (χ1v) is 12.1. The molecule has 3 atom stereocenters. The number of carbonyl (C=O) groups is 1. The fourth-order valence-corrected chi connectivity index (χ4v) is 5.54. The second-order valence-corrected chi connectivity index (χ2v) is 9.74. The summed E-state index contributed by atoms with van der Waals surface area (Å²) in [5.74, 6) is 0.633. The van der Waals surface area contributed by atoms with Gasteiger partial charge in [0.25, 0.3) is 5.91 Å². The van der Waals surface area contributed by atoms with Gasteiger partial charge in [0.2, 0.25) is 0 Å². The van der Waals surface area contributed by atoms with Gasteiger partial charge in [0.15, 0.2) is 6.23 Å². The highest BCUT2D eigenvalue weighted by atomic mass is 19.1. The summed E-state index contributed by atoms with van der Waals surface area (Å²) < 4.78 is 21.4. The van der Waals surface area contributed by atoms with Crippen LogP contribution in [0.3, 0.4) is 0 Å². The van der Waals surface area contributed by atoms with Gasteiger partial charge in [0.1, 0.15) is 11.6 Å². The molecule has 0 aromatic heterocycles. The fraction of sp³-hybridized carbons (Fsp3) is 0.720. The van der Waals surface area contributed by atoms with Crippen molar-refractivity contribution in [3.63, 3.8) is 0 Å². The van der Waals surface area contributed by atoms with Crippen LogP contribution in [0.25, 0.3) is 0 Å². The molecule has 0 radical (unpaired) electrons. The fourth-order valence-electron chi connectivity index (χ4n) is 5.54. The van der Waals surface area contributed by atoms with Gasteiger partial charge in [0.05, 0.1) is 12.2 Å². The maximum atomic E-state index is 15.1. The van der Waals surface area contributed by atoms with Crippen molar-refractivity contribution in [2.24, 2.45) is 11.3 Å². The molecule has 1 saturated heterocycles. The van der Waals surface area contributed by atoms with Gasteiger partial charge in [-0.15, -0.1) is 0 Å². The van der Waals surface area contributed by atoms with Gasteiger partial charge >= 0.3 is 0 Å². The van der Waals surface area contributed by atoms with Gasteiger partial charge in [-0.05, 0) is 68.4 Å². The van der Waals surface area contributed by atoms with E-state index in [1.54, 1.807) is 6.07 Å². The zero-order chi connectivity index (χ0) is 22.0. The molecule has 1 aliphatic heterocycles. The van der Waals surface area contributed by atoms with Crippen molar-refractivity contribution < 1.29 is 24.1 Å². The molecule has 0 bridgehead atoms. The van der Waals surface area contributed by atoms with Crippen molar-refractivity contribution >= 4 is 5.91 Å². The van der Waals surface area contributed by atoms with Crippen molar-refractivity contribution in [2.75, 3.05) is 13.2 Å². The Morgan fingerprint density at radius 2 is 2.06 bits per heavy atom. The lowest BCUT2D eigenvalue weighted by molar-refractivity contribution is -0.299. The minimum atomic E-state index is -0.699. The molecule has 6 heteroatoms. The van der Waals surface area contributed by atoms with Crippen molar-refractivity contribution in [3.05, 3.63) is 29.1 Å². The summed E-state index contributed by atoms with van der Waals surface area (Å²) in [6.45, 7) is 5.56. The highest BCUT2D eigenvalue weighted by Gasteiger charge is 2.46. The molecular weight excluding hydrogens is 397 g/mol. The number of likely N-dealkylation sites (tertiary alicyclic amines) is 1. The maximum Gasteiger partial charge on any atom is 0.258 e. The minimum Gasteiger partial charge on any atom is -0.493 e. The molecule has 3 aliphatic rings. The van der Waals surface area contributed by atoms with Crippen LogP contribution in [0.1, 0.15) is 99.9 Å². The Labute approximate surface area is 184 Å². The molecule has 4 rings (SSSR count). The molecule has 31 heavy (non-hydrogen) atoms. The molecule has 5 nitrogen and oxygen atoms in total. The Morgan fingerprint density at radius 3 is 2.68 bits per heavy atom. The van der Waals surface area contributed by atoms with Crippen LogP contribution < -0.4 is 4.74 Å². The second-order valence-electron chi connectivity index (χ2n) is 9.74. The second kappa shape index (κ2) is 9.45. The lowest BCUT2D eigenvalue weighted by atomic mass is 9.57. The van der Waals surface area contributed by atoms with Crippen molar-refractivity contribution in [1.29, 1.82) is 0 Å². The number of hydrogen-bond donors (Lipinski definition) is 1. The number of amides is 1. The van der Waals surface area contributed by atoms with Crippen LogP contribution in [0, 0.1) is 17.2 Å². The average molecular weight is 434 g/mol. The first kappa shape index (κ1) is 22.5. The number of hydrogen-bond acceptors (Lipinski definition) is 4. The van der Waals surface area contributed by atoms with Crippen LogP contribution in [0.2, 0.25) is 0 Å². The van der Waals surface area contributed by atoms with Crippen molar-refractivity contribution in [1.82, 2.24) is 4.90 Å². The molecular formula is C25H36FNO4. The molecule has 3 fully saturated rings. The summed E-state index contributed by atoms with van der Waals surface area (Å²) in [6, 6.07) is 3.10. The van der Waals surface area contributed by atoms with Crippen LogP contribution in [-0.4, -0.2) is 35.4 Å². The largest absolute Gasteiger partial charge is 0.493 e. The Bertz CT molecular complexity index is 794. The van der Waals surface area contributed by atoms with Gasteiger partial charge in [0, 0.05) is 18.0 Å². The lowest BCUT2D eigenvalue weighted by Crippen LogP contribution is -2.44. The lowest BCUT2D eigenvalue weighted by Gasteiger charge is -2.49. The third-order valence-corrected chi connectivity index (χ3v) is 7.82. The van der Waals surface area contributed by atoms with Crippen molar-refractivity contribution in [2.45, 2.75) is 90.2 Å². The van der Waals surface area contributed by atoms with E-state index in [2.05, 4.69) is 18.7 Å². The molecule has 1 heterocycles. The number of nitrogens with zero attached hydrogens (tertiary/aromatic N) is 1. The molecule has 1 aromatic carbocycles. The van der Waals surface area contributed by atoms with E-state index in [4.69, 9.17) is 9.99 Å². The van der Waals surface area contributed by atoms with Gasteiger partial charge in [-0.2, -0.15) is 0 Å². The Morgan fingerprint density at radius 1 is 1.26 bits per heavy atom. The predicted molar refractivity (Wildman–Crippen MR) is 117 cm³/mol. The highest BCUT2D eigenvalue weighted by Crippen LogP contribution is 2.53. The Balaban J connectivity index is 1.55. The number of halogens is 1. The van der Waals surface area contributed by atoms with E-state index in [9.17, 15) is 4.79 Å². The van der Waals surface area contributed by atoms with Gasteiger partial charge in [-0.3, -0.25) is 4.79 Å². The van der Waals surface area contributed by atoms with E-state index < -0.39 is 18.0 Å².